The van der Waals surface area contributed by atoms with E-state index in [0.717, 1.165) is 12.0 Å². The summed E-state index contributed by atoms with van der Waals surface area (Å²) >= 11 is 11.7. The first-order chi connectivity index (χ1) is 8.13. The average molecular weight is 276 g/mol. The zero-order chi connectivity index (χ0) is 12.7. The Morgan fingerprint density at radius 2 is 2.12 bits per heavy atom. The maximum Gasteiger partial charge on any atom is 0.222 e. The molecular weight excluding hydrogens is 261 g/mol. The maximum atomic E-state index is 11.3. The Labute approximate surface area is 111 Å². The van der Waals surface area contributed by atoms with Crippen LogP contribution in [0.3, 0.4) is 0 Å². The molecular formula is C12H15Cl2NO2. The summed E-state index contributed by atoms with van der Waals surface area (Å²) in [6.07, 6.45) is 1.12. The summed E-state index contributed by atoms with van der Waals surface area (Å²) in [5.41, 5.74) is 1.05. The third-order valence-electron chi connectivity index (χ3n) is 2.25. The summed E-state index contributed by atoms with van der Waals surface area (Å²) in [5.74, 6) is -0.00749. The number of benzene rings is 1. The van der Waals surface area contributed by atoms with E-state index in [2.05, 4.69) is 5.32 Å². The molecule has 1 amide bonds. The number of carbonyl (C=O) groups excluding carboxylic acids is 1. The molecule has 0 radical (unpaired) electrons. The molecule has 3 nitrogen and oxygen atoms in total. The maximum absolute atomic E-state index is 11.3. The first-order valence-corrected chi connectivity index (χ1v) is 6.08. The van der Waals surface area contributed by atoms with Gasteiger partial charge < -0.3 is 10.1 Å². The van der Waals surface area contributed by atoms with E-state index in [0.29, 0.717) is 29.6 Å². The highest BCUT2D eigenvalue weighted by Crippen LogP contribution is 2.22. The molecule has 0 heterocycles. The summed E-state index contributed by atoms with van der Waals surface area (Å²) in [5, 5.41) is 3.88. The van der Waals surface area contributed by atoms with Crippen LogP contribution in [-0.2, 0) is 16.0 Å². The fraction of sp³-hybridized carbons (Fsp3) is 0.417. The number of amides is 1. The predicted molar refractivity (Wildman–Crippen MR) is 69.7 cm³/mol. The third-order valence-corrected chi connectivity index (χ3v) is 2.99. The molecule has 0 aliphatic rings. The molecule has 0 bridgehead atoms. The number of ether oxygens (including phenoxy) is 1. The van der Waals surface area contributed by atoms with E-state index in [1.165, 1.54) is 0 Å². The molecule has 1 aromatic rings. The van der Waals surface area contributed by atoms with Crippen molar-refractivity contribution in [3.8, 4) is 0 Å². The molecule has 1 N–H and O–H groups in total. The zero-order valence-corrected chi connectivity index (χ0v) is 11.1. The normalized spacial score (nSPS) is 10.3. The van der Waals surface area contributed by atoms with Gasteiger partial charge in [0.05, 0.1) is 16.7 Å². The number of rotatable bonds is 6. The van der Waals surface area contributed by atoms with Gasteiger partial charge in [0.1, 0.15) is 0 Å². The molecule has 0 spiro atoms. The quantitative estimate of drug-likeness (QED) is 0.867. The fourth-order valence-electron chi connectivity index (χ4n) is 1.32. The standard InChI is InChI=1S/C12H15Cl2NO2/c1-17-7-5-12(16)15-6-4-9-2-3-10(13)11(14)8-9/h2-3,8H,4-7H2,1H3,(H,15,16). The molecule has 0 aromatic heterocycles. The lowest BCUT2D eigenvalue weighted by Crippen LogP contribution is -2.26. The summed E-state index contributed by atoms with van der Waals surface area (Å²) in [6.45, 7) is 1.03. The van der Waals surface area contributed by atoms with Gasteiger partial charge in [-0.05, 0) is 24.1 Å². The van der Waals surface area contributed by atoms with Crippen LogP contribution in [-0.4, -0.2) is 26.2 Å². The zero-order valence-electron chi connectivity index (χ0n) is 9.63. The van der Waals surface area contributed by atoms with E-state index < -0.39 is 0 Å². The van der Waals surface area contributed by atoms with Crippen molar-refractivity contribution in [2.24, 2.45) is 0 Å². The number of hydrogen-bond donors (Lipinski definition) is 1. The lowest BCUT2D eigenvalue weighted by Gasteiger charge is -2.06. The van der Waals surface area contributed by atoms with Gasteiger partial charge in [-0.15, -0.1) is 0 Å². The Morgan fingerprint density at radius 1 is 1.35 bits per heavy atom. The molecule has 0 fully saturated rings. The van der Waals surface area contributed by atoms with Crippen molar-refractivity contribution in [3.63, 3.8) is 0 Å². The van der Waals surface area contributed by atoms with Crippen molar-refractivity contribution in [1.29, 1.82) is 0 Å². The molecule has 0 saturated heterocycles. The Balaban J connectivity index is 2.30. The first-order valence-electron chi connectivity index (χ1n) is 5.33. The SMILES string of the molecule is COCCC(=O)NCCc1ccc(Cl)c(Cl)c1. The molecule has 5 heteroatoms. The Hall–Kier alpha value is -0.770. The summed E-state index contributed by atoms with van der Waals surface area (Å²) in [6, 6.07) is 5.46. The van der Waals surface area contributed by atoms with Crippen LogP contribution in [0.4, 0.5) is 0 Å². The van der Waals surface area contributed by atoms with Gasteiger partial charge in [0, 0.05) is 20.1 Å². The number of hydrogen-bond acceptors (Lipinski definition) is 2. The Bertz CT molecular complexity index is 383. The second-order valence-corrected chi connectivity index (χ2v) is 4.41. The predicted octanol–water partition coefficient (Wildman–Crippen LogP) is 2.69. The topological polar surface area (TPSA) is 38.3 Å². The molecule has 0 saturated carbocycles. The summed E-state index contributed by atoms with van der Waals surface area (Å²) in [7, 11) is 1.57. The van der Waals surface area contributed by atoms with Crippen LogP contribution in [0.5, 0.6) is 0 Å². The van der Waals surface area contributed by atoms with E-state index in [1.807, 2.05) is 12.1 Å². The smallest absolute Gasteiger partial charge is 0.222 e. The van der Waals surface area contributed by atoms with Crippen LogP contribution >= 0.6 is 23.2 Å². The van der Waals surface area contributed by atoms with Crippen LogP contribution in [0.15, 0.2) is 18.2 Å². The molecule has 0 aliphatic carbocycles. The third kappa shape index (κ3) is 5.39. The minimum Gasteiger partial charge on any atom is -0.384 e. The highest BCUT2D eigenvalue weighted by molar-refractivity contribution is 6.42. The number of halogens is 2. The number of nitrogens with one attached hydrogen (secondary N) is 1. The first kappa shape index (κ1) is 14.3. The van der Waals surface area contributed by atoms with Crippen molar-refractivity contribution in [2.45, 2.75) is 12.8 Å². The van der Waals surface area contributed by atoms with Gasteiger partial charge in [-0.3, -0.25) is 4.79 Å². The average Bonchev–Trinajstić information content (AvgIpc) is 2.31. The molecule has 17 heavy (non-hydrogen) atoms. The second-order valence-electron chi connectivity index (χ2n) is 3.59. The lowest BCUT2D eigenvalue weighted by molar-refractivity contribution is -0.121. The van der Waals surface area contributed by atoms with Gasteiger partial charge in [-0.25, -0.2) is 0 Å². The summed E-state index contributed by atoms with van der Waals surface area (Å²) in [4.78, 5) is 11.3. The van der Waals surface area contributed by atoms with Crippen molar-refractivity contribution < 1.29 is 9.53 Å². The van der Waals surface area contributed by atoms with Gasteiger partial charge in [-0.1, -0.05) is 29.3 Å². The molecule has 0 unspecified atom stereocenters. The Kier molecular flexibility index (Phi) is 6.34. The number of methoxy groups -OCH3 is 1. The molecule has 0 atom stereocenters. The van der Waals surface area contributed by atoms with E-state index in [1.54, 1.807) is 13.2 Å². The van der Waals surface area contributed by atoms with Crippen LogP contribution < -0.4 is 5.32 Å². The van der Waals surface area contributed by atoms with Crippen molar-refractivity contribution in [2.75, 3.05) is 20.3 Å². The monoisotopic (exact) mass is 275 g/mol. The molecule has 94 valence electrons. The van der Waals surface area contributed by atoms with Crippen molar-refractivity contribution in [3.05, 3.63) is 33.8 Å². The van der Waals surface area contributed by atoms with E-state index in [4.69, 9.17) is 27.9 Å². The molecule has 0 aliphatic heterocycles. The van der Waals surface area contributed by atoms with E-state index in [-0.39, 0.29) is 5.91 Å². The Morgan fingerprint density at radius 3 is 2.76 bits per heavy atom. The highest BCUT2D eigenvalue weighted by Gasteiger charge is 2.02. The molecule has 1 rings (SSSR count). The van der Waals surface area contributed by atoms with Crippen LogP contribution in [0, 0.1) is 0 Å². The van der Waals surface area contributed by atoms with E-state index >= 15 is 0 Å². The van der Waals surface area contributed by atoms with Gasteiger partial charge in [0.25, 0.3) is 0 Å². The van der Waals surface area contributed by atoms with Gasteiger partial charge in [0.2, 0.25) is 5.91 Å². The highest BCUT2D eigenvalue weighted by atomic mass is 35.5. The van der Waals surface area contributed by atoms with Crippen LogP contribution in [0.25, 0.3) is 0 Å². The fourth-order valence-corrected chi connectivity index (χ4v) is 1.65. The summed E-state index contributed by atoms with van der Waals surface area (Å²) < 4.78 is 4.81. The van der Waals surface area contributed by atoms with Gasteiger partial charge in [-0.2, -0.15) is 0 Å². The lowest BCUT2D eigenvalue weighted by atomic mass is 10.1. The van der Waals surface area contributed by atoms with Gasteiger partial charge >= 0.3 is 0 Å². The van der Waals surface area contributed by atoms with Crippen molar-refractivity contribution in [1.82, 2.24) is 5.32 Å². The minimum atomic E-state index is -0.00749. The van der Waals surface area contributed by atoms with Crippen molar-refractivity contribution >= 4 is 29.1 Å². The molecule has 1 aromatic carbocycles. The van der Waals surface area contributed by atoms with Crippen LogP contribution in [0.2, 0.25) is 10.0 Å². The van der Waals surface area contributed by atoms with Crippen LogP contribution in [0.1, 0.15) is 12.0 Å². The van der Waals surface area contributed by atoms with Gasteiger partial charge in [0.15, 0.2) is 0 Å². The second kappa shape index (κ2) is 7.54. The van der Waals surface area contributed by atoms with E-state index in [9.17, 15) is 4.79 Å². The number of carbonyl (C=O) groups is 1. The minimum absolute atomic E-state index is 0.00749. The largest absolute Gasteiger partial charge is 0.384 e.